The number of carbonyl (C=O) groups excluding carboxylic acids is 1. The summed E-state index contributed by atoms with van der Waals surface area (Å²) in [5.41, 5.74) is 2.08. The molecule has 24 heavy (non-hydrogen) atoms. The van der Waals surface area contributed by atoms with Crippen molar-refractivity contribution >= 4 is 11.8 Å². The SMILES string of the molecule is Cc1cn([C@H](C)c2ccccc2)nc1NC(=O)N1CCC[C@@H](O)C1. The molecule has 1 aliphatic heterocycles. The number of carbonyl (C=O) groups is 1. The van der Waals surface area contributed by atoms with Crippen LogP contribution in [0.25, 0.3) is 0 Å². The van der Waals surface area contributed by atoms with E-state index in [0.717, 1.165) is 24.0 Å². The molecule has 6 heteroatoms. The number of rotatable bonds is 3. The van der Waals surface area contributed by atoms with Crippen molar-refractivity contribution in [2.24, 2.45) is 0 Å². The van der Waals surface area contributed by atoms with E-state index in [-0.39, 0.29) is 12.1 Å². The van der Waals surface area contributed by atoms with Crippen LogP contribution >= 0.6 is 0 Å². The average molecular weight is 328 g/mol. The molecule has 1 aromatic carbocycles. The monoisotopic (exact) mass is 328 g/mol. The van der Waals surface area contributed by atoms with Gasteiger partial charge >= 0.3 is 6.03 Å². The standard InChI is InChI=1S/C18H24N4O2/c1-13-11-22(14(2)15-7-4-3-5-8-15)20-17(13)19-18(24)21-10-6-9-16(23)12-21/h3-5,7-8,11,14,16,23H,6,9-10,12H2,1-2H3,(H,19,20,24)/t14-,16-/m1/s1. The second kappa shape index (κ2) is 7.05. The van der Waals surface area contributed by atoms with E-state index < -0.39 is 6.10 Å². The Labute approximate surface area is 142 Å². The fourth-order valence-electron chi connectivity index (χ4n) is 3.01. The van der Waals surface area contributed by atoms with Crippen LogP contribution in [0.2, 0.25) is 0 Å². The molecular formula is C18H24N4O2. The Morgan fingerprint density at radius 2 is 2.12 bits per heavy atom. The fourth-order valence-corrected chi connectivity index (χ4v) is 3.01. The summed E-state index contributed by atoms with van der Waals surface area (Å²) >= 11 is 0. The number of likely N-dealkylation sites (tertiary alicyclic amines) is 1. The number of anilines is 1. The Balaban J connectivity index is 1.71. The smallest absolute Gasteiger partial charge is 0.323 e. The van der Waals surface area contributed by atoms with Gasteiger partial charge in [-0.05, 0) is 32.3 Å². The third kappa shape index (κ3) is 3.59. The second-order valence-electron chi connectivity index (χ2n) is 6.40. The first kappa shape index (κ1) is 16.5. The summed E-state index contributed by atoms with van der Waals surface area (Å²) in [5.74, 6) is 0.572. The highest BCUT2D eigenvalue weighted by Crippen LogP contribution is 2.21. The second-order valence-corrected chi connectivity index (χ2v) is 6.40. The molecule has 1 aromatic heterocycles. The number of aliphatic hydroxyl groups excluding tert-OH is 1. The van der Waals surface area contributed by atoms with Gasteiger partial charge in [0.2, 0.25) is 0 Å². The lowest BCUT2D eigenvalue weighted by Gasteiger charge is -2.29. The molecule has 3 rings (SSSR count). The number of piperidine rings is 1. The Kier molecular flexibility index (Phi) is 4.85. The van der Waals surface area contributed by atoms with E-state index in [1.165, 1.54) is 0 Å². The summed E-state index contributed by atoms with van der Waals surface area (Å²) in [6, 6.07) is 10.0. The number of benzene rings is 1. The summed E-state index contributed by atoms with van der Waals surface area (Å²) in [6.45, 7) is 5.06. The van der Waals surface area contributed by atoms with Gasteiger partial charge in [-0.15, -0.1) is 0 Å². The van der Waals surface area contributed by atoms with Crippen LogP contribution in [0.15, 0.2) is 36.5 Å². The molecule has 2 aromatic rings. The summed E-state index contributed by atoms with van der Waals surface area (Å²) in [4.78, 5) is 14.0. The van der Waals surface area contributed by atoms with Crippen molar-refractivity contribution in [1.29, 1.82) is 0 Å². The summed E-state index contributed by atoms with van der Waals surface area (Å²) in [5, 5.41) is 17.1. The predicted octanol–water partition coefficient (Wildman–Crippen LogP) is 2.79. The van der Waals surface area contributed by atoms with E-state index >= 15 is 0 Å². The van der Waals surface area contributed by atoms with Crippen LogP contribution in [0.1, 0.15) is 36.9 Å². The van der Waals surface area contributed by atoms with Gasteiger partial charge in [-0.3, -0.25) is 10.00 Å². The topological polar surface area (TPSA) is 70.4 Å². The molecule has 2 heterocycles. The largest absolute Gasteiger partial charge is 0.391 e. The molecule has 2 amide bonds. The van der Waals surface area contributed by atoms with Gasteiger partial charge in [0, 0.05) is 24.8 Å². The zero-order valence-corrected chi connectivity index (χ0v) is 14.1. The molecule has 1 aliphatic rings. The maximum Gasteiger partial charge on any atom is 0.323 e. The van der Waals surface area contributed by atoms with E-state index in [9.17, 15) is 9.90 Å². The van der Waals surface area contributed by atoms with Crippen molar-refractivity contribution in [3.8, 4) is 0 Å². The van der Waals surface area contributed by atoms with E-state index in [2.05, 4.69) is 29.5 Å². The molecule has 2 N–H and O–H groups in total. The average Bonchev–Trinajstić information content (AvgIpc) is 2.95. The zero-order valence-electron chi connectivity index (χ0n) is 14.1. The van der Waals surface area contributed by atoms with E-state index in [0.29, 0.717) is 18.9 Å². The first-order valence-electron chi connectivity index (χ1n) is 8.39. The number of aromatic nitrogens is 2. The highest BCUT2D eigenvalue weighted by Gasteiger charge is 2.23. The number of hydrogen-bond donors (Lipinski definition) is 2. The first-order chi connectivity index (χ1) is 11.5. The van der Waals surface area contributed by atoms with E-state index in [1.54, 1.807) is 4.90 Å². The Morgan fingerprint density at radius 3 is 2.83 bits per heavy atom. The van der Waals surface area contributed by atoms with Crippen molar-refractivity contribution in [3.05, 3.63) is 47.7 Å². The van der Waals surface area contributed by atoms with Crippen molar-refractivity contribution in [2.45, 2.75) is 38.8 Å². The molecule has 0 saturated carbocycles. The number of nitrogens with zero attached hydrogens (tertiary/aromatic N) is 3. The number of urea groups is 1. The van der Waals surface area contributed by atoms with Gasteiger partial charge in [0.1, 0.15) is 0 Å². The van der Waals surface area contributed by atoms with Gasteiger partial charge < -0.3 is 10.0 Å². The minimum Gasteiger partial charge on any atom is -0.391 e. The van der Waals surface area contributed by atoms with Crippen LogP contribution in [-0.2, 0) is 0 Å². The molecule has 0 bridgehead atoms. The molecule has 128 valence electrons. The highest BCUT2D eigenvalue weighted by atomic mass is 16.3. The van der Waals surface area contributed by atoms with Crippen molar-refractivity contribution in [1.82, 2.24) is 14.7 Å². The normalized spacial score (nSPS) is 19.1. The van der Waals surface area contributed by atoms with Crippen LogP contribution in [0, 0.1) is 6.92 Å². The summed E-state index contributed by atoms with van der Waals surface area (Å²) < 4.78 is 1.87. The predicted molar refractivity (Wildman–Crippen MR) is 93.1 cm³/mol. The fraction of sp³-hybridized carbons (Fsp3) is 0.444. The van der Waals surface area contributed by atoms with Crippen LogP contribution in [0.4, 0.5) is 10.6 Å². The first-order valence-corrected chi connectivity index (χ1v) is 8.39. The molecule has 1 fully saturated rings. The molecule has 6 nitrogen and oxygen atoms in total. The third-order valence-corrected chi connectivity index (χ3v) is 4.50. The van der Waals surface area contributed by atoms with Crippen LogP contribution in [-0.4, -0.2) is 45.0 Å². The molecule has 0 radical (unpaired) electrons. The van der Waals surface area contributed by atoms with Crippen LogP contribution in [0.3, 0.4) is 0 Å². The van der Waals surface area contributed by atoms with Crippen LogP contribution < -0.4 is 5.32 Å². The lowest BCUT2D eigenvalue weighted by molar-refractivity contribution is 0.0883. The molecular weight excluding hydrogens is 304 g/mol. The maximum absolute atomic E-state index is 12.4. The Hall–Kier alpha value is -2.34. The number of amides is 2. The van der Waals surface area contributed by atoms with E-state index in [1.807, 2.05) is 36.0 Å². The molecule has 2 atom stereocenters. The van der Waals surface area contributed by atoms with Gasteiger partial charge in [-0.1, -0.05) is 30.3 Å². The third-order valence-electron chi connectivity index (χ3n) is 4.50. The number of nitrogens with one attached hydrogen (secondary N) is 1. The van der Waals surface area contributed by atoms with Crippen molar-refractivity contribution in [2.75, 3.05) is 18.4 Å². The molecule has 0 unspecified atom stereocenters. The highest BCUT2D eigenvalue weighted by molar-refractivity contribution is 5.89. The van der Waals surface area contributed by atoms with Gasteiger partial charge in [0.15, 0.2) is 5.82 Å². The summed E-state index contributed by atoms with van der Waals surface area (Å²) in [7, 11) is 0. The molecule has 1 saturated heterocycles. The summed E-state index contributed by atoms with van der Waals surface area (Å²) in [6.07, 6.45) is 3.10. The quantitative estimate of drug-likeness (QED) is 0.910. The Morgan fingerprint density at radius 1 is 1.38 bits per heavy atom. The zero-order chi connectivity index (χ0) is 17.1. The van der Waals surface area contributed by atoms with Crippen LogP contribution in [0.5, 0.6) is 0 Å². The van der Waals surface area contributed by atoms with Gasteiger partial charge in [-0.2, -0.15) is 5.10 Å². The number of β-amino-alcohol motifs (C(OH)–C–C–N with tert-alkyl or cyclic N) is 1. The van der Waals surface area contributed by atoms with Crippen molar-refractivity contribution in [3.63, 3.8) is 0 Å². The van der Waals surface area contributed by atoms with Crippen molar-refractivity contribution < 1.29 is 9.90 Å². The van der Waals surface area contributed by atoms with Gasteiger partial charge in [0.25, 0.3) is 0 Å². The lowest BCUT2D eigenvalue weighted by atomic mass is 10.1. The van der Waals surface area contributed by atoms with Gasteiger partial charge in [-0.25, -0.2) is 4.79 Å². The molecule has 0 spiro atoms. The Bertz CT molecular complexity index is 698. The number of hydrogen-bond acceptors (Lipinski definition) is 3. The number of aryl methyl sites for hydroxylation is 1. The minimum atomic E-state index is -0.429. The lowest BCUT2D eigenvalue weighted by Crippen LogP contribution is -2.44. The maximum atomic E-state index is 12.4. The van der Waals surface area contributed by atoms with E-state index in [4.69, 9.17) is 0 Å². The molecule has 0 aliphatic carbocycles. The number of aliphatic hydroxyl groups is 1. The minimum absolute atomic E-state index is 0.0901. The van der Waals surface area contributed by atoms with Gasteiger partial charge in [0.05, 0.1) is 12.1 Å².